The molecular formula is C20H24N2O4S. The number of thiophene rings is 1. The van der Waals surface area contributed by atoms with Crippen molar-refractivity contribution < 1.29 is 19.5 Å². The lowest BCUT2D eigenvalue weighted by molar-refractivity contribution is -0.124. The van der Waals surface area contributed by atoms with Gasteiger partial charge in [-0.25, -0.2) is 4.79 Å². The molecule has 0 saturated carbocycles. The van der Waals surface area contributed by atoms with Crippen molar-refractivity contribution in [3.8, 4) is 0 Å². The molecule has 0 radical (unpaired) electrons. The fraction of sp³-hybridized carbons (Fsp3) is 0.350. The van der Waals surface area contributed by atoms with E-state index < -0.39 is 11.9 Å². The molecule has 3 N–H and O–H groups in total. The van der Waals surface area contributed by atoms with Crippen molar-refractivity contribution in [2.75, 3.05) is 11.9 Å². The number of hydrogen-bond acceptors (Lipinski definition) is 4. The lowest BCUT2D eigenvalue weighted by Crippen LogP contribution is -2.33. The molecule has 0 aliphatic heterocycles. The van der Waals surface area contributed by atoms with Crippen LogP contribution in [0.4, 0.5) is 5.00 Å². The highest BCUT2D eigenvalue weighted by Crippen LogP contribution is 2.33. The van der Waals surface area contributed by atoms with Crippen LogP contribution < -0.4 is 10.6 Å². The van der Waals surface area contributed by atoms with Gasteiger partial charge in [0.2, 0.25) is 11.8 Å². The van der Waals surface area contributed by atoms with E-state index in [9.17, 15) is 19.5 Å². The number of rotatable bonds is 8. The van der Waals surface area contributed by atoms with E-state index in [2.05, 4.69) is 10.6 Å². The molecule has 0 aliphatic rings. The quantitative estimate of drug-likeness (QED) is 0.646. The first kappa shape index (κ1) is 20.6. The number of carboxylic acid groups (broad SMARTS) is 1. The van der Waals surface area contributed by atoms with E-state index in [-0.39, 0.29) is 24.4 Å². The second-order valence-corrected chi connectivity index (χ2v) is 7.53. The highest BCUT2D eigenvalue weighted by atomic mass is 32.1. The lowest BCUT2D eigenvalue weighted by atomic mass is 10.1. The predicted octanol–water partition coefficient (Wildman–Crippen LogP) is 3.31. The van der Waals surface area contributed by atoms with Crippen LogP contribution >= 0.6 is 11.3 Å². The molecule has 0 unspecified atom stereocenters. The number of hydrogen-bond donors (Lipinski definition) is 3. The van der Waals surface area contributed by atoms with Crippen LogP contribution in [-0.4, -0.2) is 29.4 Å². The van der Waals surface area contributed by atoms with E-state index in [4.69, 9.17) is 0 Å². The molecule has 0 atom stereocenters. The molecule has 0 spiro atoms. The number of carboxylic acids is 1. The van der Waals surface area contributed by atoms with Gasteiger partial charge in [-0.05, 0) is 37.8 Å². The summed E-state index contributed by atoms with van der Waals surface area (Å²) in [6.45, 7) is 5.52. The van der Waals surface area contributed by atoms with Gasteiger partial charge in [0, 0.05) is 11.3 Å². The minimum Gasteiger partial charge on any atom is -0.478 e. The molecule has 1 aromatic carbocycles. The maximum Gasteiger partial charge on any atom is 0.339 e. The highest BCUT2D eigenvalue weighted by molar-refractivity contribution is 7.16. The van der Waals surface area contributed by atoms with Crippen molar-refractivity contribution in [3.63, 3.8) is 0 Å². The molecule has 144 valence electrons. The Hall–Kier alpha value is -2.67. The van der Waals surface area contributed by atoms with Crippen molar-refractivity contribution >= 4 is 34.1 Å². The molecule has 0 saturated heterocycles. The van der Waals surface area contributed by atoms with E-state index in [1.165, 1.54) is 11.3 Å². The summed E-state index contributed by atoms with van der Waals surface area (Å²) in [6.07, 6.45) is 1.46. The Morgan fingerprint density at radius 2 is 1.74 bits per heavy atom. The molecule has 2 aromatic rings. The summed E-state index contributed by atoms with van der Waals surface area (Å²) >= 11 is 1.24. The van der Waals surface area contributed by atoms with E-state index in [0.717, 1.165) is 21.6 Å². The van der Waals surface area contributed by atoms with Gasteiger partial charge in [0.1, 0.15) is 5.00 Å². The van der Waals surface area contributed by atoms with Crippen LogP contribution in [-0.2, 0) is 22.4 Å². The minimum absolute atomic E-state index is 0.138. The Morgan fingerprint density at radius 1 is 1.07 bits per heavy atom. The summed E-state index contributed by atoms with van der Waals surface area (Å²) in [7, 11) is 0. The first-order valence-corrected chi connectivity index (χ1v) is 9.61. The van der Waals surface area contributed by atoms with Crippen molar-refractivity contribution in [2.45, 2.75) is 40.0 Å². The third-order valence-corrected chi connectivity index (χ3v) is 5.30. The van der Waals surface area contributed by atoms with Crippen molar-refractivity contribution in [3.05, 3.63) is 51.4 Å². The van der Waals surface area contributed by atoms with Crippen LogP contribution in [0, 0.1) is 13.8 Å². The molecule has 2 amide bonds. The summed E-state index contributed by atoms with van der Waals surface area (Å²) in [5.41, 5.74) is 3.09. The zero-order chi connectivity index (χ0) is 20.0. The van der Waals surface area contributed by atoms with E-state index in [1.54, 1.807) is 0 Å². The molecule has 1 aromatic heterocycles. The normalized spacial score (nSPS) is 10.5. The fourth-order valence-electron chi connectivity index (χ4n) is 2.77. The number of aryl methyl sites for hydroxylation is 3. The Morgan fingerprint density at radius 3 is 2.33 bits per heavy atom. The Balaban J connectivity index is 1.86. The smallest absolute Gasteiger partial charge is 0.339 e. The predicted molar refractivity (Wildman–Crippen MR) is 107 cm³/mol. The zero-order valence-electron chi connectivity index (χ0n) is 15.7. The van der Waals surface area contributed by atoms with Gasteiger partial charge < -0.3 is 15.7 Å². The fourth-order valence-corrected chi connectivity index (χ4v) is 3.92. The van der Waals surface area contributed by atoms with Crippen LogP contribution in [0.25, 0.3) is 0 Å². The molecule has 0 fully saturated rings. The minimum atomic E-state index is -1.06. The largest absolute Gasteiger partial charge is 0.478 e. The zero-order valence-corrected chi connectivity index (χ0v) is 16.5. The maximum absolute atomic E-state index is 12.1. The number of amides is 2. The third kappa shape index (κ3) is 5.65. The number of benzene rings is 1. The first-order valence-electron chi connectivity index (χ1n) is 8.79. The molecule has 27 heavy (non-hydrogen) atoms. The van der Waals surface area contributed by atoms with Gasteiger partial charge in [-0.2, -0.15) is 0 Å². The standard InChI is InChI=1S/C20H24N2O4S/c1-4-15-13(3)27-19(18(15)20(25)26)22-17(24)11-21-16(23)10-9-14-7-5-12(2)6-8-14/h5-8H,4,9-11H2,1-3H3,(H,21,23)(H,22,24)(H,25,26). The number of anilines is 1. The van der Waals surface area contributed by atoms with Gasteiger partial charge in [-0.15, -0.1) is 11.3 Å². The molecule has 1 heterocycles. The van der Waals surface area contributed by atoms with E-state index in [1.807, 2.05) is 45.0 Å². The number of aromatic carboxylic acids is 1. The average molecular weight is 388 g/mol. The molecule has 0 aliphatic carbocycles. The Labute approximate surface area is 162 Å². The average Bonchev–Trinajstić information content (AvgIpc) is 2.94. The van der Waals surface area contributed by atoms with Crippen LogP contribution in [0.3, 0.4) is 0 Å². The van der Waals surface area contributed by atoms with Crippen LogP contribution in [0.5, 0.6) is 0 Å². The molecule has 7 heteroatoms. The first-order chi connectivity index (χ1) is 12.8. The second kappa shape index (κ2) is 9.32. The van der Waals surface area contributed by atoms with Gasteiger partial charge >= 0.3 is 5.97 Å². The summed E-state index contributed by atoms with van der Waals surface area (Å²) in [5.74, 6) is -1.72. The Bertz CT molecular complexity index is 840. The number of nitrogens with one attached hydrogen (secondary N) is 2. The molecule has 0 bridgehead atoms. The van der Waals surface area contributed by atoms with Gasteiger partial charge in [-0.1, -0.05) is 36.8 Å². The summed E-state index contributed by atoms with van der Waals surface area (Å²) < 4.78 is 0. The number of carbonyl (C=O) groups is 3. The Kier molecular flexibility index (Phi) is 7.12. The third-order valence-electron chi connectivity index (χ3n) is 4.24. The van der Waals surface area contributed by atoms with Gasteiger partial charge in [0.15, 0.2) is 0 Å². The van der Waals surface area contributed by atoms with Gasteiger partial charge in [0.05, 0.1) is 12.1 Å². The SMILES string of the molecule is CCc1c(C)sc(NC(=O)CNC(=O)CCc2ccc(C)cc2)c1C(=O)O. The van der Waals surface area contributed by atoms with Crippen LogP contribution in [0.2, 0.25) is 0 Å². The molecular weight excluding hydrogens is 364 g/mol. The van der Waals surface area contributed by atoms with Crippen molar-refractivity contribution in [2.24, 2.45) is 0 Å². The maximum atomic E-state index is 12.1. The number of carbonyl (C=O) groups excluding carboxylic acids is 2. The molecule has 2 rings (SSSR count). The summed E-state index contributed by atoms with van der Waals surface area (Å²) in [5, 5.41) is 14.9. The van der Waals surface area contributed by atoms with Crippen LogP contribution in [0.15, 0.2) is 24.3 Å². The summed E-state index contributed by atoms with van der Waals surface area (Å²) in [4.78, 5) is 36.4. The topological polar surface area (TPSA) is 95.5 Å². The van der Waals surface area contributed by atoms with Crippen molar-refractivity contribution in [1.82, 2.24) is 5.32 Å². The monoisotopic (exact) mass is 388 g/mol. The summed E-state index contributed by atoms with van der Waals surface area (Å²) in [6, 6.07) is 7.95. The van der Waals surface area contributed by atoms with Crippen LogP contribution in [0.1, 0.15) is 45.3 Å². The highest BCUT2D eigenvalue weighted by Gasteiger charge is 2.21. The lowest BCUT2D eigenvalue weighted by Gasteiger charge is -2.07. The van der Waals surface area contributed by atoms with Crippen molar-refractivity contribution in [1.29, 1.82) is 0 Å². The van der Waals surface area contributed by atoms with E-state index >= 15 is 0 Å². The second-order valence-electron chi connectivity index (χ2n) is 6.31. The van der Waals surface area contributed by atoms with Gasteiger partial charge in [0.25, 0.3) is 0 Å². The van der Waals surface area contributed by atoms with Gasteiger partial charge in [-0.3, -0.25) is 9.59 Å². The van der Waals surface area contributed by atoms with E-state index in [0.29, 0.717) is 17.8 Å². The molecule has 6 nitrogen and oxygen atoms in total.